The minimum Gasteiger partial charge on any atom is -0.488 e. The molecule has 1 unspecified atom stereocenters. The molecule has 2 aromatic heterocycles. The molecule has 2 aromatic carbocycles. The van der Waals surface area contributed by atoms with Gasteiger partial charge in [-0.05, 0) is 37.6 Å². The van der Waals surface area contributed by atoms with Gasteiger partial charge in [0.1, 0.15) is 23.2 Å². The summed E-state index contributed by atoms with van der Waals surface area (Å²) in [7, 11) is 0. The molecule has 198 valence electrons. The number of aromatic amines is 1. The Hall–Kier alpha value is -3.55. The number of hydrogen-bond donors (Lipinski definition) is 3. The minimum atomic E-state index is -4.42. The lowest BCUT2D eigenvalue weighted by molar-refractivity contribution is -0.137. The van der Waals surface area contributed by atoms with Crippen molar-refractivity contribution in [1.82, 2.24) is 25.8 Å². The second-order valence-electron chi connectivity index (χ2n) is 9.38. The number of thiazole rings is 1. The van der Waals surface area contributed by atoms with Crippen LogP contribution in [0.5, 0.6) is 5.75 Å². The molecule has 4 aromatic rings. The van der Waals surface area contributed by atoms with Crippen molar-refractivity contribution in [3.05, 3.63) is 75.0 Å². The molecular weight excluding hydrogens is 526 g/mol. The van der Waals surface area contributed by atoms with E-state index in [9.17, 15) is 22.4 Å². The van der Waals surface area contributed by atoms with Gasteiger partial charge in [-0.1, -0.05) is 17.3 Å². The molecule has 0 radical (unpaired) electrons. The molecule has 2 fully saturated rings. The smallest absolute Gasteiger partial charge is 0.439 e. The van der Waals surface area contributed by atoms with Crippen molar-refractivity contribution in [3.63, 3.8) is 0 Å². The van der Waals surface area contributed by atoms with E-state index < -0.39 is 23.3 Å². The SMILES string of the molecule is C[C@@H]1NC12C[C@H]2NCc1nc(-c2ccc(C(F)(F)F)cc2)sc1COc1ccc(-c2noc(=O)[nH]2)c(F)c1. The lowest BCUT2D eigenvalue weighted by Crippen LogP contribution is -2.22. The number of halogens is 4. The van der Waals surface area contributed by atoms with Gasteiger partial charge in [-0.15, -0.1) is 11.3 Å². The highest BCUT2D eigenvalue weighted by atomic mass is 32.1. The number of alkyl halides is 3. The molecule has 13 heteroatoms. The van der Waals surface area contributed by atoms with Crippen LogP contribution < -0.4 is 21.1 Å². The first-order chi connectivity index (χ1) is 18.1. The quantitative estimate of drug-likeness (QED) is 0.220. The molecule has 3 atom stereocenters. The van der Waals surface area contributed by atoms with Gasteiger partial charge in [-0.25, -0.2) is 14.2 Å². The maximum Gasteiger partial charge on any atom is 0.439 e. The number of benzene rings is 2. The Morgan fingerprint density at radius 1 is 1.24 bits per heavy atom. The van der Waals surface area contributed by atoms with Crippen molar-refractivity contribution < 1.29 is 26.8 Å². The van der Waals surface area contributed by atoms with E-state index in [4.69, 9.17) is 9.72 Å². The fourth-order valence-corrected chi connectivity index (χ4v) is 5.58. The van der Waals surface area contributed by atoms with E-state index in [1.807, 2.05) is 0 Å². The van der Waals surface area contributed by atoms with Crippen molar-refractivity contribution in [1.29, 1.82) is 0 Å². The van der Waals surface area contributed by atoms with E-state index in [2.05, 4.69) is 32.2 Å². The molecule has 1 aliphatic heterocycles. The second kappa shape index (κ2) is 9.03. The second-order valence-corrected chi connectivity index (χ2v) is 10.5. The van der Waals surface area contributed by atoms with Crippen LogP contribution in [0, 0.1) is 5.82 Å². The lowest BCUT2D eigenvalue weighted by Gasteiger charge is -2.08. The largest absolute Gasteiger partial charge is 0.488 e. The monoisotopic (exact) mass is 547 g/mol. The van der Waals surface area contributed by atoms with Gasteiger partial charge in [0.25, 0.3) is 0 Å². The zero-order valence-electron chi connectivity index (χ0n) is 19.9. The van der Waals surface area contributed by atoms with Crippen molar-refractivity contribution in [3.8, 4) is 27.7 Å². The van der Waals surface area contributed by atoms with E-state index in [0.717, 1.165) is 29.1 Å². The summed E-state index contributed by atoms with van der Waals surface area (Å²) in [6, 6.07) is 9.78. The summed E-state index contributed by atoms with van der Waals surface area (Å²) in [5.74, 6) is -1.24. The van der Waals surface area contributed by atoms with Gasteiger partial charge in [0.15, 0.2) is 5.82 Å². The molecule has 0 amide bonds. The summed E-state index contributed by atoms with van der Waals surface area (Å²) in [5.41, 5.74) is 0.770. The molecule has 3 N–H and O–H groups in total. The highest BCUT2D eigenvalue weighted by Crippen LogP contribution is 2.50. The molecule has 1 spiro atoms. The van der Waals surface area contributed by atoms with Crippen LogP contribution in [0.2, 0.25) is 0 Å². The van der Waals surface area contributed by atoms with Crippen molar-refractivity contribution in [2.75, 3.05) is 0 Å². The third-order valence-electron chi connectivity index (χ3n) is 6.94. The van der Waals surface area contributed by atoms with Crippen molar-refractivity contribution in [2.24, 2.45) is 0 Å². The average molecular weight is 548 g/mol. The van der Waals surface area contributed by atoms with Crippen LogP contribution in [0.1, 0.15) is 29.5 Å². The fraction of sp³-hybridized carbons (Fsp3) is 0.320. The van der Waals surface area contributed by atoms with Gasteiger partial charge in [0, 0.05) is 30.3 Å². The molecule has 38 heavy (non-hydrogen) atoms. The number of hydrogen-bond acceptors (Lipinski definition) is 8. The highest BCUT2D eigenvalue weighted by molar-refractivity contribution is 7.15. The third kappa shape index (κ3) is 4.72. The molecule has 3 heterocycles. The number of nitrogens with one attached hydrogen (secondary N) is 3. The van der Waals surface area contributed by atoms with Gasteiger partial charge < -0.3 is 15.4 Å². The van der Waals surface area contributed by atoms with Gasteiger partial charge in [0.2, 0.25) is 0 Å². The fourth-order valence-electron chi connectivity index (χ4n) is 4.58. The van der Waals surface area contributed by atoms with Gasteiger partial charge in [-0.3, -0.25) is 9.51 Å². The first-order valence-corrected chi connectivity index (χ1v) is 12.6. The molecule has 1 aliphatic carbocycles. The van der Waals surface area contributed by atoms with E-state index in [1.54, 1.807) is 0 Å². The molecule has 6 rings (SSSR count). The van der Waals surface area contributed by atoms with Crippen LogP contribution in [-0.4, -0.2) is 32.7 Å². The van der Waals surface area contributed by atoms with Crippen LogP contribution >= 0.6 is 11.3 Å². The summed E-state index contributed by atoms with van der Waals surface area (Å²) in [6.07, 6.45) is -3.39. The van der Waals surface area contributed by atoms with Crippen LogP contribution in [0.3, 0.4) is 0 Å². The predicted octanol–water partition coefficient (Wildman–Crippen LogP) is 4.48. The normalized spacial score (nSPS) is 22.1. The molecule has 0 bridgehead atoms. The van der Waals surface area contributed by atoms with Crippen LogP contribution in [0.15, 0.2) is 51.8 Å². The molecule has 1 saturated carbocycles. The number of ether oxygens (including phenoxy) is 1. The maximum atomic E-state index is 14.6. The van der Waals surface area contributed by atoms with Crippen LogP contribution in [0.25, 0.3) is 22.0 Å². The van der Waals surface area contributed by atoms with Crippen molar-refractivity contribution >= 4 is 11.3 Å². The number of nitrogens with zero attached hydrogens (tertiary/aromatic N) is 2. The minimum absolute atomic E-state index is 0.0339. The molecule has 1 saturated heterocycles. The Labute approximate surface area is 217 Å². The zero-order chi connectivity index (χ0) is 26.7. The topological polar surface area (TPSA) is 115 Å². The van der Waals surface area contributed by atoms with Crippen molar-refractivity contribution in [2.45, 2.75) is 50.3 Å². The number of rotatable bonds is 8. The predicted molar refractivity (Wildman–Crippen MR) is 130 cm³/mol. The third-order valence-corrected chi connectivity index (χ3v) is 8.06. The Morgan fingerprint density at radius 3 is 2.61 bits per heavy atom. The Kier molecular flexibility index (Phi) is 5.89. The number of H-pyrrole nitrogens is 1. The summed E-state index contributed by atoms with van der Waals surface area (Å²) < 4.78 is 63.9. The Balaban J connectivity index is 1.21. The average Bonchev–Trinajstić information content (AvgIpc) is 3.58. The van der Waals surface area contributed by atoms with Crippen LogP contribution in [-0.2, 0) is 19.3 Å². The highest BCUT2D eigenvalue weighted by Gasteiger charge is 2.68. The van der Waals surface area contributed by atoms with E-state index >= 15 is 0 Å². The van der Waals surface area contributed by atoms with E-state index in [1.165, 1.54) is 41.7 Å². The Bertz CT molecular complexity index is 1550. The Morgan fingerprint density at radius 2 is 2.00 bits per heavy atom. The molecule has 8 nitrogen and oxygen atoms in total. The summed E-state index contributed by atoms with van der Waals surface area (Å²) in [4.78, 5) is 18.9. The van der Waals surface area contributed by atoms with Gasteiger partial charge >= 0.3 is 11.9 Å². The first-order valence-electron chi connectivity index (χ1n) is 11.8. The summed E-state index contributed by atoms with van der Waals surface area (Å²) >= 11 is 1.31. The first kappa shape index (κ1) is 24.8. The molecule has 2 aliphatic rings. The lowest BCUT2D eigenvalue weighted by atomic mass is 10.1. The van der Waals surface area contributed by atoms with Crippen LogP contribution in [0.4, 0.5) is 17.6 Å². The van der Waals surface area contributed by atoms with E-state index in [0.29, 0.717) is 29.2 Å². The zero-order valence-corrected chi connectivity index (χ0v) is 20.7. The van der Waals surface area contributed by atoms with Gasteiger partial charge in [-0.2, -0.15) is 13.2 Å². The number of aromatic nitrogens is 3. The molecular formula is C25H21F4N5O3S. The summed E-state index contributed by atoms with van der Waals surface area (Å²) in [6.45, 7) is 2.68. The van der Waals surface area contributed by atoms with Gasteiger partial charge in [0.05, 0.1) is 27.2 Å². The standard InChI is InChI=1S/C25H21F4N5O3S/c1-12-24(33-12)9-20(24)30-10-18-19(38-22(31-18)13-2-4-14(5-3-13)25(27,28)29)11-36-15-6-7-16(17(26)8-15)21-32-23(35)37-34-21/h2-8,12,20,30,33H,9-11H2,1H3,(H,32,34,35)/t12-,20+,24?/m0/s1. The summed E-state index contributed by atoms with van der Waals surface area (Å²) in [5, 5.41) is 11.0. The van der Waals surface area contributed by atoms with E-state index in [-0.39, 0.29) is 29.3 Å². The maximum absolute atomic E-state index is 14.6.